The average Bonchev–Trinajstić information content (AvgIpc) is 2.38. The number of benzene rings is 1. The van der Waals surface area contributed by atoms with E-state index in [0.717, 1.165) is 5.56 Å². The highest BCUT2D eigenvalue weighted by Crippen LogP contribution is 2.25. The fourth-order valence-electron chi connectivity index (χ4n) is 1.82. The van der Waals surface area contributed by atoms with Crippen LogP contribution >= 0.6 is 11.6 Å². The van der Waals surface area contributed by atoms with Crippen molar-refractivity contribution in [2.24, 2.45) is 0 Å². The molecule has 1 heterocycles. The predicted octanol–water partition coefficient (Wildman–Crippen LogP) is 3.31. The molecular formula is C14H11ClFNO. The van der Waals surface area contributed by atoms with Crippen molar-refractivity contribution in [2.75, 3.05) is 0 Å². The van der Waals surface area contributed by atoms with Crippen molar-refractivity contribution in [1.29, 1.82) is 0 Å². The van der Waals surface area contributed by atoms with Crippen LogP contribution in [0.1, 0.15) is 17.0 Å². The summed E-state index contributed by atoms with van der Waals surface area (Å²) in [5.41, 5.74) is 1.17. The molecule has 18 heavy (non-hydrogen) atoms. The molecule has 1 aromatic carbocycles. The summed E-state index contributed by atoms with van der Waals surface area (Å²) in [4.78, 5) is 15.4. The molecule has 0 aliphatic rings. The van der Waals surface area contributed by atoms with Crippen LogP contribution in [0.3, 0.4) is 0 Å². The van der Waals surface area contributed by atoms with E-state index < -0.39 is 17.0 Å². The van der Waals surface area contributed by atoms with Gasteiger partial charge in [0.25, 0.3) is 0 Å². The second-order valence-electron chi connectivity index (χ2n) is 3.94. The van der Waals surface area contributed by atoms with Crippen LogP contribution in [0.25, 0.3) is 0 Å². The third kappa shape index (κ3) is 2.93. The minimum atomic E-state index is -0.683. The van der Waals surface area contributed by atoms with Gasteiger partial charge in [-0.3, -0.25) is 9.78 Å². The molecule has 2 aromatic rings. The van der Waals surface area contributed by atoms with E-state index in [0.29, 0.717) is 12.0 Å². The average molecular weight is 264 g/mol. The van der Waals surface area contributed by atoms with E-state index >= 15 is 0 Å². The van der Waals surface area contributed by atoms with E-state index in [9.17, 15) is 9.18 Å². The lowest BCUT2D eigenvalue weighted by Crippen LogP contribution is -2.12. The highest BCUT2D eigenvalue weighted by Gasteiger charge is 2.22. The minimum absolute atomic E-state index is 0.321. The lowest BCUT2D eigenvalue weighted by Gasteiger charge is -2.13. The Morgan fingerprint density at radius 2 is 2.06 bits per heavy atom. The largest absolute Gasteiger partial charge is 0.281 e. The van der Waals surface area contributed by atoms with Crippen molar-refractivity contribution in [3.8, 4) is 0 Å². The maximum Gasteiger partial charge on any atom is 0.229 e. The Labute approximate surface area is 109 Å². The number of carbonyl (C=O) groups is 1. The number of pyridine rings is 1. The Morgan fingerprint density at radius 1 is 1.28 bits per heavy atom. The number of halogens is 2. The molecule has 2 nitrogen and oxygen atoms in total. The smallest absolute Gasteiger partial charge is 0.229 e. The van der Waals surface area contributed by atoms with Crippen molar-refractivity contribution >= 4 is 16.8 Å². The number of carbonyl (C=O) groups excluding carboxylic acids is 1. The third-order valence-electron chi connectivity index (χ3n) is 2.72. The topological polar surface area (TPSA) is 30.0 Å². The summed E-state index contributed by atoms with van der Waals surface area (Å²) in [6.45, 7) is 0. The fourth-order valence-corrected chi connectivity index (χ4v) is 2.02. The number of rotatable bonds is 4. The van der Waals surface area contributed by atoms with Crippen molar-refractivity contribution < 1.29 is 9.18 Å². The standard InChI is InChI=1S/C14H11ClFNO/c15-14(18)12(8-10-4-3-7-17-9-10)11-5-1-2-6-13(11)16/h1-7,9,12H,8H2. The van der Waals surface area contributed by atoms with E-state index in [1.807, 2.05) is 6.07 Å². The Kier molecular flexibility index (Phi) is 4.05. The first-order valence-corrected chi connectivity index (χ1v) is 5.89. The van der Waals surface area contributed by atoms with Gasteiger partial charge >= 0.3 is 0 Å². The normalized spacial score (nSPS) is 12.1. The lowest BCUT2D eigenvalue weighted by molar-refractivity contribution is -0.113. The number of hydrogen-bond acceptors (Lipinski definition) is 2. The fraction of sp³-hybridized carbons (Fsp3) is 0.143. The Hall–Kier alpha value is -1.74. The Bertz CT molecular complexity index is 545. The zero-order valence-electron chi connectivity index (χ0n) is 9.51. The molecule has 92 valence electrons. The highest BCUT2D eigenvalue weighted by atomic mass is 35.5. The Balaban J connectivity index is 2.30. The summed E-state index contributed by atoms with van der Waals surface area (Å²) >= 11 is 5.57. The first-order chi connectivity index (χ1) is 8.68. The molecular weight excluding hydrogens is 253 g/mol. The second-order valence-corrected chi connectivity index (χ2v) is 4.32. The Morgan fingerprint density at radius 3 is 2.67 bits per heavy atom. The molecule has 0 amide bonds. The van der Waals surface area contributed by atoms with Gasteiger partial charge in [0.2, 0.25) is 5.24 Å². The van der Waals surface area contributed by atoms with Crippen LogP contribution in [0.2, 0.25) is 0 Å². The number of hydrogen-bond donors (Lipinski definition) is 0. The number of nitrogens with zero attached hydrogens (tertiary/aromatic N) is 1. The summed E-state index contributed by atoms with van der Waals surface area (Å²) in [7, 11) is 0. The molecule has 0 spiro atoms. The zero-order valence-corrected chi connectivity index (χ0v) is 10.3. The molecule has 0 radical (unpaired) electrons. The van der Waals surface area contributed by atoms with Crippen LogP contribution in [0, 0.1) is 5.82 Å². The SMILES string of the molecule is O=C(Cl)C(Cc1cccnc1)c1ccccc1F. The van der Waals surface area contributed by atoms with Gasteiger partial charge in [-0.2, -0.15) is 0 Å². The van der Waals surface area contributed by atoms with Gasteiger partial charge in [-0.25, -0.2) is 4.39 Å². The summed E-state index contributed by atoms with van der Waals surface area (Å²) in [6, 6.07) is 9.78. The van der Waals surface area contributed by atoms with Gasteiger partial charge in [0, 0.05) is 12.4 Å². The zero-order chi connectivity index (χ0) is 13.0. The van der Waals surface area contributed by atoms with Gasteiger partial charge in [0.1, 0.15) is 5.82 Å². The van der Waals surface area contributed by atoms with E-state index in [4.69, 9.17) is 11.6 Å². The quantitative estimate of drug-likeness (QED) is 0.792. The molecule has 0 saturated carbocycles. The molecule has 1 aromatic heterocycles. The van der Waals surface area contributed by atoms with Crippen molar-refractivity contribution in [3.05, 3.63) is 65.7 Å². The molecule has 0 saturated heterocycles. The van der Waals surface area contributed by atoms with Gasteiger partial charge in [-0.15, -0.1) is 0 Å². The van der Waals surface area contributed by atoms with Gasteiger partial charge in [0.15, 0.2) is 0 Å². The van der Waals surface area contributed by atoms with Crippen molar-refractivity contribution in [3.63, 3.8) is 0 Å². The summed E-state index contributed by atoms with van der Waals surface area (Å²) in [6.07, 6.45) is 3.63. The molecule has 1 unspecified atom stereocenters. The summed E-state index contributed by atoms with van der Waals surface area (Å²) in [5, 5.41) is -0.566. The van der Waals surface area contributed by atoms with Crippen LogP contribution < -0.4 is 0 Å². The lowest BCUT2D eigenvalue weighted by atomic mass is 9.93. The molecule has 0 aliphatic heterocycles. The van der Waals surface area contributed by atoms with Gasteiger partial charge in [0.05, 0.1) is 5.92 Å². The maximum atomic E-state index is 13.7. The van der Waals surface area contributed by atoms with Crippen LogP contribution in [-0.4, -0.2) is 10.2 Å². The van der Waals surface area contributed by atoms with E-state index in [2.05, 4.69) is 4.98 Å². The second kappa shape index (κ2) is 5.74. The number of aromatic nitrogens is 1. The minimum Gasteiger partial charge on any atom is -0.281 e. The van der Waals surface area contributed by atoms with Crippen molar-refractivity contribution in [2.45, 2.75) is 12.3 Å². The van der Waals surface area contributed by atoms with Gasteiger partial charge in [-0.05, 0) is 41.3 Å². The van der Waals surface area contributed by atoms with Crippen LogP contribution in [0.15, 0.2) is 48.8 Å². The first-order valence-electron chi connectivity index (χ1n) is 5.51. The van der Waals surface area contributed by atoms with Gasteiger partial charge < -0.3 is 0 Å². The molecule has 4 heteroatoms. The molecule has 0 fully saturated rings. The summed E-state index contributed by atoms with van der Waals surface area (Å²) in [5.74, 6) is -1.10. The first kappa shape index (κ1) is 12.7. The molecule has 0 bridgehead atoms. The maximum absolute atomic E-state index is 13.7. The van der Waals surface area contributed by atoms with Crippen LogP contribution in [0.5, 0.6) is 0 Å². The third-order valence-corrected chi connectivity index (χ3v) is 2.98. The van der Waals surface area contributed by atoms with Gasteiger partial charge in [-0.1, -0.05) is 24.3 Å². The predicted molar refractivity (Wildman–Crippen MR) is 67.9 cm³/mol. The monoisotopic (exact) mass is 263 g/mol. The van der Waals surface area contributed by atoms with Crippen LogP contribution in [-0.2, 0) is 11.2 Å². The molecule has 0 aliphatic carbocycles. The molecule has 1 atom stereocenters. The van der Waals surface area contributed by atoms with Crippen LogP contribution in [0.4, 0.5) is 4.39 Å². The van der Waals surface area contributed by atoms with E-state index in [1.54, 1.807) is 36.7 Å². The highest BCUT2D eigenvalue weighted by molar-refractivity contribution is 6.64. The van der Waals surface area contributed by atoms with Crippen molar-refractivity contribution in [1.82, 2.24) is 4.98 Å². The van der Waals surface area contributed by atoms with E-state index in [-0.39, 0.29) is 0 Å². The van der Waals surface area contributed by atoms with E-state index in [1.165, 1.54) is 6.07 Å². The molecule has 2 rings (SSSR count). The summed E-state index contributed by atoms with van der Waals surface area (Å²) < 4.78 is 13.7. The molecule has 0 N–H and O–H groups in total.